The van der Waals surface area contributed by atoms with Gasteiger partial charge in [0.25, 0.3) is 5.91 Å². The van der Waals surface area contributed by atoms with Crippen molar-refractivity contribution in [3.05, 3.63) is 23.5 Å². The Morgan fingerprint density at radius 1 is 1.47 bits per heavy atom. The molecule has 0 bridgehead atoms. The van der Waals surface area contributed by atoms with E-state index in [4.69, 9.17) is 4.74 Å². The van der Waals surface area contributed by atoms with Crippen LogP contribution >= 0.6 is 0 Å². The predicted octanol–water partition coefficient (Wildman–Crippen LogP) is 1.64. The van der Waals surface area contributed by atoms with Gasteiger partial charge in [0.1, 0.15) is 11.4 Å². The molecular weight excluding hydrogens is 244 g/mol. The molecule has 0 unspecified atom stereocenters. The summed E-state index contributed by atoms with van der Waals surface area (Å²) < 4.78 is 5.35. The van der Waals surface area contributed by atoms with E-state index in [-0.39, 0.29) is 24.2 Å². The Labute approximate surface area is 112 Å². The molecule has 1 aliphatic rings. The molecule has 1 N–H and O–H groups in total. The number of carbonyl (C=O) groups is 2. The van der Waals surface area contributed by atoms with Crippen LogP contribution in [0.5, 0.6) is 5.75 Å². The quantitative estimate of drug-likeness (QED) is 0.819. The van der Waals surface area contributed by atoms with Gasteiger partial charge in [-0.15, -0.1) is 0 Å². The minimum atomic E-state index is -0.149. The Morgan fingerprint density at radius 2 is 2.21 bits per heavy atom. The fourth-order valence-electron chi connectivity index (χ4n) is 2.25. The SMILES string of the molecule is Cc1ccc(OCC(=O)NC2CCCC2)c(C=O)n1. The zero-order valence-electron chi connectivity index (χ0n) is 11.0. The molecule has 0 saturated heterocycles. The molecule has 1 aromatic rings. The number of aldehydes is 1. The summed E-state index contributed by atoms with van der Waals surface area (Å²) >= 11 is 0. The predicted molar refractivity (Wildman–Crippen MR) is 70.3 cm³/mol. The fraction of sp³-hybridized carbons (Fsp3) is 0.500. The maximum absolute atomic E-state index is 11.7. The van der Waals surface area contributed by atoms with Crippen LogP contribution in [0.2, 0.25) is 0 Å². The Hall–Kier alpha value is -1.91. The van der Waals surface area contributed by atoms with Crippen LogP contribution in [0, 0.1) is 6.92 Å². The number of nitrogens with one attached hydrogen (secondary N) is 1. The van der Waals surface area contributed by atoms with Crippen molar-refractivity contribution in [3.63, 3.8) is 0 Å². The molecule has 1 aromatic heterocycles. The molecule has 1 amide bonds. The Bertz CT molecular complexity index is 468. The van der Waals surface area contributed by atoms with Crippen LogP contribution in [0.15, 0.2) is 12.1 Å². The van der Waals surface area contributed by atoms with E-state index in [0.717, 1.165) is 18.5 Å². The number of carbonyl (C=O) groups excluding carboxylic acids is 2. The normalized spacial score (nSPS) is 15.2. The first-order valence-corrected chi connectivity index (χ1v) is 6.54. The number of hydrogen-bond acceptors (Lipinski definition) is 4. The van der Waals surface area contributed by atoms with E-state index in [2.05, 4.69) is 10.3 Å². The van der Waals surface area contributed by atoms with Crippen LogP contribution in [0.25, 0.3) is 0 Å². The van der Waals surface area contributed by atoms with Crippen molar-refractivity contribution in [2.45, 2.75) is 38.6 Å². The summed E-state index contributed by atoms with van der Waals surface area (Å²) in [6, 6.07) is 3.68. The van der Waals surface area contributed by atoms with Crippen LogP contribution in [-0.4, -0.2) is 29.8 Å². The molecule has 1 fully saturated rings. The molecule has 1 heterocycles. The number of hydrogen-bond donors (Lipinski definition) is 1. The second kappa shape index (κ2) is 6.31. The number of aromatic nitrogens is 1. The van der Waals surface area contributed by atoms with Gasteiger partial charge in [0, 0.05) is 11.7 Å². The molecule has 5 nitrogen and oxygen atoms in total. The highest BCUT2D eigenvalue weighted by molar-refractivity contribution is 5.79. The van der Waals surface area contributed by atoms with E-state index in [1.54, 1.807) is 19.1 Å². The van der Waals surface area contributed by atoms with Crippen molar-refractivity contribution in [3.8, 4) is 5.75 Å². The maximum atomic E-state index is 11.7. The van der Waals surface area contributed by atoms with E-state index in [9.17, 15) is 9.59 Å². The monoisotopic (exact) mass is 262 g/mol. The van der Waals surface area contributed by atoms with Crippen LogP contribution < -0.4 is 10.1 Å². The molecule has 2 rings (SSSR count). The highest BCUT2D eigenvalue weighted by atomic mass is 16.5. The molecule has 0 radical (unpaired) electrons. The van der Waals surface area contributed by atoms with Gasteiger partial charge in [-0.05, 0) is 31.9 Å². The molecular formula is C14H18N2O3. The lowest BCUT2D eigenvalue weighted by molar-refractivity contribution is -0.123. The van der Waals surface area contributed by atoms with Crippen molar-refractivity contribution in [1.82, 2.24) is 10.3 Å². The average molecular weight is 262 g/mol. The zero-order chi connectivity index (χ0) is 13.7. The van der Waals surface area contributed by atoms with Crippen molar-refractivity contribution < 1.29 is 14.3 Å². The van der Waals surface area contributed by atoms with Crippen LogP contribution in [0.1, 0.15) is 41.9 Å². The van der Waals surface area contributed by atoms with Crippen molar-refractivity contribution in [2.75, 3.05) is 6.61 Å². The summed E-state index contributed by atoms with van der Waals surface area (Å²) in [5, 5.41) is 2.93. The zero-order valence-corrected chi connectivity index (χ0v) is 11.0. The maximum Gasteiger partial charge on any atom is 0.258 e. The minimum absolute atomic E-state index is 0.0813. The summed E-state index contributed by atoms with van der Waals surface area (Å²) in [6.07, 6.45) is 5.05. The molecule has 0 aromatic carbocycles. The van der Waals surface area contributed by atoms with Crippen LogP contribution in [-0.2, 0) is 4.79 Å². The van der Waals surface area contributed by atoms with Crippen LogP contribution in [0.3, 0.4) is 0 Å². The lowest BCUT2D eigenvalue weighted by Crippen LogP contribution is -2.36. The second-order valence-electron chi connectivity index (χ2n) is 4.79. The molecule has 1 saturated carbocycles. The highest BCUT2D eigenvalue weighted by Crippen LogP contribution is 2.18. The first kappa shape index (κ1) is 13.5. The van der Waals surface area contributed by atoms with Crippen molar-refractivity contribution in [1.29, 1.82) is 0 Å². The molecule has 0 spiro atoms. The Morgan fingerprint density at radius 3 is 2.89 bits per heavy atom. The highest BCUT2D eigenvalue weighted by Gasteiger charge is 2.17. The molecule has 5 heteroatoms. The van der Waals surface area contributed by atoms with Crippen molar-refractivity contribution >= 4 is 12.2 Å². The van der Waals surface area contributed by atoms with E-state index in [0.29, 0.717) is 12.0 Å². The van der Waals surface area contributed by atoms with Gasteiger partial charge in [-0.1, -0.05) is 12.8 Å². The number of aryl methyl sites for hydroxylation is 1. The number of pyridine rings is 1. The van der Waals surface area contributed by atoms with Gasteiger partial charge in [0.2, 0.25) is 0 Å². The lowest BCUT2D eigenvalue weighted by atomic mass is 10.2. The van der Waals surface area contributed by atoms with Gasteiger partial charge in [0.15, 0.2) is 12.9 Å². The first-order valence-electron chi connectivity index (χ1n) is 6.54. The van der Waals surface area contributed by atoms with E-state index in [1.165, 1.54) is 12.8 Å². The molecule has 19 heavy (non-hydrogen) atoms. The fourth-order valence-corrected chi connectivity index (χ4v) is 2.25. The van der Waals surface area contributed by atoms with E-state index >= 15 is 0 Å². The third-order valence-corrected chi connectivity index (χ3v) is 3.22. The van der Waals surface area contributed by atoms with E-state index < -0.39 is 0 Å². The summed E-state index contributed by atoms with van der Waals surface area (Å²) in [4.78, 5) is 26.6. The van der Waals surface area contributed by atoms with Crippen LogP contribution in [0.4, 0.5) is 0 Å². The van der Waals surface area contributed by atoms with Gasteiger partial charge >= 0.3 is 0 Å². The summed E-state index contributed by atoms with van der Waals surface area (Å²) in [7, 11) is 0. The Balaban J connectivity index is 1.87. The smallest absolute Gasteiger partial charge is 0.258 e. The largest absolute Gasteiger partial charge is 0.481 e. The van der Waals surface area contributed by atoms with Crippen molar-refractivity contribution in [2.24, 2.45) is 0 Å². The first-order chi connectivity index (χ1) is 9.19. The lowest BCUT2D eigenvalue weighted by Gasteiger charge is -2.13. The third-order valence-electron chi connectivity index (χ3n) is 3.22. The number of nitrogens with zero attached hydrogens (tertiary/aromatic N) is 1. The van der Waals surface area contributed by atoms with Gasteiger partial charge in [-0.2, -0.15) is 0 Å². The Kier molecular flexibility index (Phi) is 4.49. The molecule has 102 valence electrons. The summed E-state index contributed by atoms with van der Waals surface area (Å²) in [6.45, 7) is 1.71. The summed E-state index contributed by atoms with van der Waals surface area (Å²) in [5.74, 6) is 0.200. The molecule has 0 atom stereocenters. The van der Waals surface area contributed by atoms with E-state index in [1.807, 2.05) is 0 Å². The van der Waals surface area contributed by atoms with Gasteiger partial charge in [-0.25, -0.2) is 4.98 Å². The topological polar surface area (TPSA) is 68.3 Å². The standard InChI is InChI=1S/C14H18N2O3/c1-10-6-7-13(12(8-17)15-10)19-9-14(18)16-11-4-2-3-5-11/h6-8,11H,2-5,9H2,1H3,(H,16,18). The number of amides is 1. The third kappa shape index (κ3) is 3.77. The van der Waals surface area contributed by atoms with Gasteiger partial charge < -0.3 is 10.1 Å². The average Bonchev–Trinajstić information content (AvgIpc) is 2.90. The number of rotatable bonds is 5. The second-order valence-corrected chi connectivity index (χ2v) is 4.79. The van der Waals surface area contributed by atoms with Gasteiger partial charge in [0.05, 0.1) is 0 Å². The minimum Gasteiger partial charge on any atom is -0.481 e. The number of ether oxygens (including phenoxy) is 1. The van der Waals surface area contributed by atoms with Gasteiger partial charge in [-0.3, -0.25) is 9.59 Å². The molecule has 1 aliphatic carbocycles. The molecule has 0 aliphatic heterocycles. The summed E-state index contributed by atoms with van der Waals surface area (Å²) in [5.41, 5.74) is 0.971.